The van der Waals surface area contributed by atoms with E-state index in [0.717, 1.165) is 28.9 Å². The van der Waals surface area contributed by atoms with Crippen molar-refractivity contribution in [3.63, 3.8) is 0 Å². The van der Waals surface area contributed by atoms with Crippen LogP contribution in [0.4, 0.5) is 8.78 Å². The number of carbonyl (C=O) groups is 1. The quantitative estimate of drug-likeness (QED) is 0.473. The van der Waals surface area contributed by atoms with Crippen LogP contribution in [0.2, 0.25) is 0 Å². The van der Waals surface area contributed by atoms with Crippen molar-refractivity contribution >= 4 is 11.5 Å². The number of carboxylic acid groups (broad SMARTS) is 1. The van der Waals surface area contributed by atoms with Crippen LogP contribution in [0.5, 0.6) is 0 Å². The van der Waals surface area contributed by atoms with E-state index in [-0.39, 0.29) is 24.2 Å². The molecule has 0 bridgehead atoms. The molecule has 164 valence electrons. The van der Waals surface area contributed by atoms with Gasteiger partial charge >= 0.3 is 5.97 Å². The first-order valence-electron chi connectivity index (χ1n) is 10.6. The molecule has 0 radical (unpaired) electrons. The number of rotatable bonds is 5. The number of nitrogens with zero attached hydrogens (tertiary/aromatic N) is 4. The molecule has 8 heteroatoms. The average Bonchev–Trinajstić information content (AvgIpc) is 3.34. The highest BCUT2D eigenvalue weighted by Gasteiger charge is 2.35. The molecule has 0 aliphatic heterocycles. The Hall–Kier alpha value is -3.55. The molecule has 1 aliphatic carbocycles. The number of halogens is 2. The summed E-state index contributed by atoms with van der Waals surface area (Å²) in [5, 5.41) is 17.9. The van der Waals surface area contributed by atoms with E-state index >= 15 is 0 Å². The fourth-order valence-corrected chi connectivity index (χ4v) is 5.05. The number of aliphatic carboxylic acids is 1. The van der Waals surface area contributed by atoms with Crippen LogP contribution in [0.15, 0.2) is 48.7 Å². The Kier molecular flexibility index (Phi) is 5.00. The highest BCUT2D eigenvalue weighted by molar-refractivity contribution is 5.77. The molecule has 6 nitrogen and oxygen atoms in total. The van der Waals surface area contributed by atoms with Gasteiger partial charge in [-0.3, -0.25) is 9.20 Å². The second-order valence-corrected chi connectivity index (χ2v) is 8.35. The zero-order valence-corrected chi connectivity index (χ0v) is 17.5. The van der Waals surface area contributed by atoms with E-state index in [1.807, 2.05) is 11.6 Å². The highest BCUT2D eigenvalue weighted by atomic mass is 19.1. The SMILES string of the molecule is CC1c2c(c(CC(=O)O)c3cccc(F)n23)CCC1n1nncc1Cc1ccc(F)cc1. The number of hydrogen-bond acceptors (Lipinski definition) is 3. The molecule has 3 aromatic heterocycles. The first kappa shape index (κ1) is 20.4. The molecule has 0 fully saturated rings. The van der Waals surface area contributed by atoms with Crippen LogP contribution in [-0.4, -0.2) is 30.5 Å². The van der Waals surface area contributed by atoms with Crippen molar-refractivity contribution < 1.29 is 18.7 Å². The van der Waals surface area contributed by atoms with Crippen LogP contribution in [0.25, 0.3) is 5.52 Å². The smallest absolute Gasteiger partial charge is 0.307 e. The molecule has 0 saturated carbocycles. The van der Waals surface area contributed by atoms with Gasteiger partial charge in [0.2, 0.25) is 0 Å². The Labute approximate surface area is 183 Å². The van der Waals surface area contributed by atoms with Gasteiger partial charge in [-0.2, -0.15) is 4.39 Å². The van der Waals surface area contributed by atoms with Crippen LogP contribution in [0.1, 0.15) is 53.4 Å². The van der Waals surface area contributed by atoms with E-state index in [9.17, 15) is 18.7 Å². The van der Waals surface area contributed by atoms with Crippen LogP contribution in [0, 0.1) is 11.8 Å². The number of carboxylic acids is 1. The fraction of sp³-hybridized carbons (Fsp3) is 0.292. The minimum absolute atomic E-state index is 0.0594. The maximum atomic E-state index is 14.9. The summed E-state index contributed by atoms with van der Waals surface area (Å²) in [6.45, 7) is 2.02. The van der Waals surface area contributed by atoms with Crippen molar-refractivity contribution in [3.05, 3.63) is 88.5 Å². The zero-order chi connectivity index (χ0) is 22.4. The minimum Gasteiger partial charge on any atom is -0.481 e. The number of aromatic nitrogens is 4. The topological polar surface area (TPSA) is 72.4 Å². The molecule has 2 unspecified atom stereocenters. The Balaban J connectivity index is 1.56. The molecule has 1 aliphatic rings. The fourth-order valence-electron chi connectivity index (χ4n) is 5.05. The molecule has 0 amide bonds. The number of fused-ring (bicyclic) bond motifs is 3. The van der Waals surface area contributed by atoms with Gasteiger partial charge in [-0.25, -0.2) is 9.07 Å². The van der Waals surface area contributed by atoms with Gasteiger partial charge in [0.25, 0.3) is 0 Å². The lowest BCUT2D eigenvalue weighted by molar-refractivity contribution is -0.136. The van der Waals surface area contributed by atoms with E-state index < -0.39 is 11.9 Å². The van der Waals surface area contributed by atoms with E-state index in [0.29, 0.717) is 23.9 Å². The Morgan fingerprint density at radius 3 is 2.72 bits per heavy atom. The normalized spacial score (nSPS) is 18.1. The standard InChI is InChI=1S/C24H22F2N4O2/c1-14-20(30-17(13-27-28-30)11-15-5-7-16(25)8-6-15)10-9-18-19(12-23(31)32)21-3-2-4-22(26)29(21)24(14)18/h2-8,13-14,20H,9-12H2,1H3,(H,31,32). The number of hydrogen-bond donors (Lipinski definition) is 1. The third-order valence-electron chi connectivity index (χ3n) is 6.45. The molecular formula is C24H22F2N4O2. The molecule has 0 saturated heterocycles. The van der Waals surface area contributed by atoms with E-state index in [1.165, 1.54) is 18.2 Å². The maximum Gasteiger partial charge on any atom is 0.307 e. The second kappa shape index (κ2) is 7.85. The zero-order valence-electron chi connectivity index (χ0n) is 17.5. The van der Waals surface area contributed by atoms with Gasteiger partial charge < -0.3 is 5.11 Å². The molecular weight excluding hydrogens is 414 g/mol. The molecule has 4 aromatic rings. The number of pyridine rings is 1. The molecule has 2 atom stereocenters. The van der Waals surface area contributed by atoms with Gasteiger partial charge in [0.1, 0.15) is 5.82 Å². The summed E-state index contributed by atoms with van der Waals surface area (Å²) in [6, 6.07) is 11.1. The van der Waals surface area contributed by atoms with Crippen LogP contribution >= 0.6 is 0 Å². The third-order valence-corrected chi connectivity index (χ3v) is 6.45. The minimum atomic E-state index is -0.933. The van der Waals surface area contributed by atoms with Crippen molar-refractivity contribution in [3.8, 4) is 0 Å². The average molecular weight is 436 g/mol. The highest BCUT2D eigenvalue weighted by Crippen LogP contribution is 2.43. The van der Waals surface area contributed by atoms with Gasteiger partial charge in [-0.1, -0.05) is 30.3 Å². The van der Waals surface area contributed by atoms with Crippen LogP contribution in [-0.2, 0) is 24.1 Å². The Morgan fingerprint density at radius 1 is 1.19 bits per heavy atom. The molecule has 3 heterocycles. The predicted octanol–water partition coefficient (Wildman–Crippen LogP) is 4.32. The van der Waals surface area contributed by atoms with Crippen LogP contribution < -0.4 is 0 Å². The first-order valence-corrected chi connectivity index (χ1v) is 10.6. The summed E-state index contributed by atoms with van der Waals surface area (Å²) in [6.07, 6.45) is 3.48. The Morgan fingerprint density at radius 2 is 1.97 bits per heavy atom. The van der Waals surface area contributed by atoms with Crippen molar-refractivity contribution in [1.82, 2.24) is 19.4 Å². The Bertz CT molecular complexity index is 1310. The summed E-state index contributed by atoms with van der Waals surface area (Å²) in [4.78, 5) is 11.5. The monoisotopic (exact) mass is 436 g/mol. The lowest BCUT2D eigenvalue weighted by atomic mass is 9.82. The van der Waals surface area contributed by atoms with Crippen molar-refractivity contribution in [2.45, 2.75) is 44.6 Å². The van der Waals surface area contributed by atoms with Gasteiger partial charge in [-0.15, -0.1) is 5.10 Å². The molecule has 0 spiro atoms. The van der Waals surface area contributed by atoms with Gasteiger partial charge in [0, 0.05) is 18.0 Å². The predicted molar refractivity (Wildman–Crippen MR) is 114 cm³/mol. The largest absolute Gasteiger partial charge is 0.481 e. The van der Waals surface area contributed by atoms with Gasteiger partial charge in [-0.05, 0) is 53.8 Å². The summed E-state index contributed by atoms with van der Waals surface area (Å²) in [5.41, 5.74) is 4.85. The molecule has 5 rings (SSSR count). The second-order valence-electron chi connectivity index (χ2n) is 8.35. The van der Waals surface area contributed by atoms with Crippen molar-refractivity contribution in [2.75, 3.05) is 0 Å². The van der Waals surface area contributed by atoms with Crippen molar-refractivity contribution in [2.24, 2.45) is 0 Å². The summed E-state index contributed by atoms with van der Waals surface area (Å²) in [5.74, 6) is -1.74. The van der Waals surface area contributed by atoms with Crippen molar-refractivity contribution in [1.29, 1.82) is 0 Å². The van der Waals surface area contributed by atoms with Gasteiger partial charge in [0.05, 0.1) is 29.9 Å². The number of benzene rings is 1. The third kappa shape index (κ3) is 3.36. The summed E-state index contributed by atoms with van der Waals surface area (Å²) in [7, 11) is 0. The maximum absolute atomic E-state index is 14.9. The van der Waals surface area contributed by atoms with E-state index in [4.69, 9.17) is 0 Å². The van der Waals surface area contributed by atoms with E-state index in [1.54, 1.807) is 34.9 Å². The molecule has 1 N–H and O–H groups in total. The first-order chi connectivity index (χ1) is 15.4. The lowest BCUT2D eigenvalue weighted by Crippen LogP contribution is -2.26. The summed E-state index contributed by atoms with van der Waals surface area (Å²) < 4.78 is 31.6. The lowest BCUT2D eigenvalue weighted by Gasteiger charge is -2.31. The van der Waals surface area contributed by atoms with Gasteiger partial charge in [0.15, 0.2) is 5.95 Å². The van der Waals surface area contributed by atoms with E-state index in [2.05, 4.69) is 10.3 Å². The summed E-state index contributed by atoms with van der Waals surface area (Å²) >= 11 is 0. The molecule has 1 aromatic carbocycles. The van der Waals surface area contributed by atoms with Crippen LogP contribution in [0.3, 0.4) is 0 Å². The molecule has 32 heavy (non-hydrogen) atoms.